The number of anilines is 3. The van der Waals surface area contributed by atoms with Crippen molar-refractivity contribution in [3.63, 3.8) is 0 Å². The summed E-state index contributed by atoms with van der Waals surface area (Å²) in [5, 5.41) is 0. The van der Waals surface area contributed by atoms with Gasteiger partial charge in [-0.2, -0.15) is 0 Å². The lowest BCUT2D eigenvalue weighted by Gasteiger charge is -2.23. The second-order valence-electron chi connectivity index (χ2n) is 6.36. The number of nitrogens with zero attached hydrogens (tertiary/aromatic N) is 2. The predicted molar refractivity (Wildman–Crippen MR) is 110 cm³/mol. The molecule has 5 nitrogen and oxygen atoms in total. The quantitative estimate of drug-likeness (QED) is 0.675. The van der Waals surface area contributed by atoms with E-state index in [1.54, 1.807) is 37.4 Å². The van der Waals surface area contributed by atoms with Crippen LogP contribution in [0.1, 0.15) is 18.1 Å². The van der Waals surface area contributed by atoms with Crippen molar-refractivity contribution in [1.29, 1.82) is 0 Å². The predicted octanol–water partition coefficient (Wildman–Crippen LogP) is 4.66. The molecule has 0 bridgehead atoms. The van der Waals surface area contributed by atoms with Crippen molar-refractivity contribution in [2.45, 2.75) is 25.7 Å². The first kappa shape index (κ1) is 18.9. The lowest BCUT2D eigenvalue weighted by Crippen LogP contribution is -2.17. The summed E-state index contributed by atoms with van der Waals surface area (Å²) in [6.45, 7) is 6.67. The second-order valence-corrected chi connectivity index (χ2v) is 8.01. The summed E-state index contributed by atoms with van der Waals surface area (Å²) < 4.78 is 27.7. The fraction of sp³-hybridized carbons (Fsp3) is 0.190. The highest BCUT2D eigenvalue weighted by atomic mass is 32.2. The average Bonchev–Trinajstić information content (AvgIpc) is 2.64. The van der Waals surface area contributed by atoms with Gasteiger partial charge < -0.3 is 4.90 Å². The monoisotopic (exact) mass is 381 g/mol. The highest BCUT2D eigenvalue weighted by Crippen LogP contribution is 2.26. The summed E-state index contributed by atoms with van der Waals surface area (Å²) in [5.41, 5.74) is 3.86. The molecule has 2 aromatic carbocycles. The first-order chi connectivity index (χ1) is 12.9. The van der Waals surface area contributed by atoms with Gasteiger partial charge in [0.25, 0.3) is 10.0 Å². The van der Waals surface area contributed by atoms with E-state index in [0.29, 0.717) is 11.4 Å². The Labute approximate surface area is 160 Å². The number of hydrogen-bond donors (Lipinski definition) is 1. The molecule has 0 spiro atoms. The maximum Gasteiger partial charge on any atom is 0.263 e. The van der Waals surface area contributed by atoms with Gasteiger partial charge in [0.05, 0.1) is 16.8 Å². The van der Waals surface area contributed by atoms with Gasteiger partial charge in [0.1, 0.15) is 5.82 Å². The van der Waals surface area contributed by atoms with Crippen LogP contribution in [0, 0.1) is 13.8 Å². The van der Waals surface area contributed by atoms with Crippen LogP contribution < -0.4 is 9.62 Å². The highest BCUT2D eigenvalue weighted by molar-refractivity contribution is 7.92. The SMILES string of the molecule is CCN(c1ccc(NS(=O)(=O)c2ccccc2C)nc1)c1cccc(C)c1. The zero-order valence-corrected chi connectivity index (χ0v) is 16.5. The molecule has 0 saturated heterocycles. The summed E-state index contributed by atoms with van der Waals surface area (Å²) in [6.07, 6.45) is 1.68. The van der Waals surface area contributed by atoms with E-state index < -0.39 is 10.0 Å². The van der Waals surface area contributed by atoms with Gasteiger partial charge in [-0.1, -0.05) is 30.3 Å². The molecule has 0 saturated carbocycles. The van der Waals surface area contributed by atoms with Crippen LogP contribution in [0.25, 0.3) is 0 Å². The molecular weight excluding hydrogens is 358 g/mol. The molecule has 0 aliphatic heterocycles. The second kappa shape index (κ2) is 7.80. The van der Waals surface area contributed by atoms with E-state index in [1.165, 1.54) is 5.56 Å². The van der Waals surface area contributed by atoms with Crippen LogP contribution in [0.4, 0.5) is 17.2 Å². The van der Waals surface area contributed by atoms with E-state index in [9.17, 15) is 8.42 Å². The topological polar surface area (TPSA) is 62.3 Å². The third-order valence-electron chi connectivity index (χ3n) is 4.31. The molecule has 0 unspecified atom stereocenters. The zero-order valence-electron chi connectivity index (χ0n) is 15.7. The normalized spacial score (nSPS) is 11.2. The minimum Gasteiger partial charge on any atom is -0.341 e. The van der Waals surface area contributed by atoms with Crippen molar-refractivity contribution in [3.05, 3.63) is 78.0 Å². The highest BCUT2D eigenvalue weighted by Gasteiger charge is 2.17. The number of benzene rings is 2. The van der Waals surface area contributed by atoms with Gasteiger partial charge in [-0.15, -0.1) is 0 Å². The van der Waals surface area contributed by atoms with Gasteiger partial charge in [-0.05, 0) is 62.2 Å². The first-order valence-corrected chi connectivity index (χ1v) is 10.3. The van der Waals surface area contributed by atoms with Crippen molar-refractivity contribution in [2.24, 2.45) is 0 Å². The number of pyridine rings is 1. The summed E-state index contributed by atoms with van der Waals surface area (Å²) in [4.78, 5) is 6.68. The molecule has 0 fully saturated rings. The molecule has 0 amide bonds. The molecule has 0 radical (unpaired) electrons. The molecule has 1 aromatic heterocycles. The minimum absolute atomic E-state index is 0.255. The third kappa shape index (κ3) is 4.28. The molecule has 3 aromatic rings. The average molecular weight is 382 g/mol. The maximum absolute atomic E-state index is 12.6. The van der Waals surface area contributed by atoms with Gasteiger partial charge in [-0.25, -0.2) is 13.4 Å². The zero-order chi connectivity index (χ0) is 19.4. The van der Waals surface area contributed by atoms with Crippen molar-refractivity contribution in [1.82, 2.24) is 4.98 Å². The number of hydrogen-bond acceptors (Lipinski definition) is 4. The fourth-order valence-electron chi connectivity index (χ4n) is 2.97. The largest absolute Gasteiger partial charge is 0.341 e. The first-order valence-electron chi connectivity index (χ1n) is 8.79. The molecule has 6 heteroatoms. The van der Waals surface area contributed by atoms with Crippen LogP contribution in [-0.2, 0) is 10.0 Å². The van der Waals surface area contributed by atoms with E-state index >= 15 is 0 Å². The third-order valence-corrected chi connectivity index (χ3v) is 5.83. The van der Waals surface area contributed by atoms with Crippen LogP contribution >= 0.6 is 0 Å². The van der Waals surface area contributed by atoms with E-state index in [1.807, 2.05) is 24.3 Å². The number of rotatable bonds is 6. The fourth-order valence-corrected chi connectivity index (χ4v) is 4.22. The van der Waals surface area contributed by atoms with E-state index in [0.717, 1.165) is 17.9 Å². The smallest absolute Gasteiger partial charge is 0.263 e. The molecule has 140 valence electrons. The maximum atomic E-state index is 12.6. The number of aryl methyl sites for hydroxylation is 2. The molecule has 3 rings (SSSR count). The van der Waals surface area contributed by atoms with Crippen LogP contribution in [0.15, 0.2) is 71.8 Å². The number of aromatic nitrogens is 1. The molecule has 0 aliphatic carbocycles. The van der Waals surface area contributed by atoms with E-state index in [2.05, 4.69) is 40.6 Å². The molecule has 0 aliphatic rings. The molecule has 0 atom stereocenters. The Morgan fingerprint density at radius 1 is 0.963 bits per heavy atom. The molecule has 1 heterocycles. The van der Waals surface area contributed by atoms with Crippen LogP contribution in [-0.4, -0.2) is 19.9 Å². The lowest BCUT2D eigenvalue weighted by atomic mass is 10.2. The van der Waals surface area contributed by atoms with Crippen molar-refractivity contribution >= 4 is 27.2 Å². The Morgan fingerprint density at radius 3 is 2.37 bits per heavy atom. The van der Waals surface area contributed by atoms with Crippen molar-refractivity contribution in [3.8, 4) is 0 Å². The summed E-state index contributed by atoms with van der Waals surface area (Å²) in [6, 6.07) is 18.7. The summed E-state index contributed by atoms with van der Waals surface area (Å²) in [7, 11) is -3.67. The summed E-state index contributed by atoms with van der Waals surface area (Å²) in [5.74, 6) is 0.294. The van der Waals surface area contributed by atoms with Gasteiger partial charge in [0.2, 0.25) is 0 Å². The molecule has 1 N–H and O–H groups in total. The standard InChI is InChI=1S/C21H23N3O2S/c1-4-24(18-10-7-8-16(2)14-18)19-12-13-21(22-15-19)23-27(25,26)20-11-6-5-9-17(20)3/h5-15H,4H2,1-3H3,(H,22,23). The van der Waals surface area contributed by atoms with Crippen LogP contribution in [0.5, 0.6) is 0 Å². The van der Waals surface area contributed by atoms with Gasteiger partial charge in [0.15, 0.2) is 0 Å². The Kier molecular flexibility index (Phi) is 5.46. The molecule has 27 heavy (non-hydrogen) atoms. The van der Waals surface area contributed by atoms with E-state index in [4.69, 9.17) is 0 Å². The van der Waals surface area contributed by atoms with E-state index in [-0.39, 0.29) is 4.90 Å². The van der Waals surface area contributed by atoms with Gasteiger partial charge >= 0.3 is 0 Å². The van der Waals surface area contributed by atoms with Crippen molar-refractivity contribution in [2.75, 3.05) is 16.2 Å². The Bertz CT molecular complexity index is 1030. The van der Waals surface area contributed by atoms with Crippen molar-refractivity contribution < 1.29 is 8.42 Å². The Balaban J connectivity index is 1.84. The van der Waals surface area contributed by atoms with Gasteiger partial charge in [0, 0.05) is 12.2 Å². The Hall–Kier alpha value is -2.86. The minimum atomic E-state index is -3.67. The molecular formula is C21H23N3O2S. The van der Waals surface area contributed by atoms with Crippen LogP contribution in [0.3, 0.4) is 0 Å². The lowest BCUT2D eigenvalue weighted by molar-refractivity contribution is 0.600. The van der Waals surface area contributed by atoms with Gasteiger partial charge in [-0.3, -0.25) is 4.72 Å². The Morgan fingerprint density at radius 2 is 1.74 bits per heavy atom. The summed E-state index contributed by atoms with van der Waals surface area (Å²) >= 11 is 0. The number of sulfonamides is 1. The number of nitrogens with one attached hydrogen (secondary N) is 1. The van der Waals surface area contributed by atoms with Crippen LogP contribution in [0.2, 0.25) is 0 Å².